The van der Waals surface area contributed by atoms with Gasteiger partial charge in [-0.2, -0.15) is 0 Å². The molecule has 2 aromatic carbocycles. The highest BCUT2D eigenvalue weighted by Crippen LogP contribution is 2.30. The minimum atomic E-state index is -0.376. The number of benzene rings is 2. The van der Waals surface area contributed by atoms with Crippen molar-refractivity contribution in [2.24, 2.45) is 0 Å². The average Bonchev–Trinajstić information content (AvgIpc) is 2.62. The van der Waals surface area contributed by atoms with Gasteiger partial charge in [0.2, 0.25) is 0 Å². The number of carbonyl (C=O) groups is 1. The van der Waals surface area contributed by atoms with Crippen molar-refractivity contribution in [2.75, 3.05) is 27.4 Å². The zero-order valence-corrected chi connectivity index (χ0v) is 14.5. The van der Waals surface area contributed by atoms with Crippen LogP contribution < -0.4 is 14.8 Å². The fourth-order valence-electron chi connectivity index (χ4n) is 2.27. The SMILES string of the molecule is COCCOc1ccc(C(C)NC(=O)c2ccc(F)cc2)cc1OC. The van der Waals surface area contributed by atoms with Crippen LogP contribution in [0.25, 0.3) is 0 Å². The summed E-state index contributed by atoms with van der Waals surface area (Å²) < 4.78 is 28.8. The van der Waals surface area contributed by atoms with Crippen LogP contribution in [0.2, 0.25) is 0 Å². The molecule has 5 nitrogen and oxygen atoms in total. The Morgan fingerprint density at radius 2 is 1.80 bits per heavy atom. The first-order valence-corrected chi connectivity index (χ1v) is 7.91. The lowest BCUT2D eigenvalue weighted by Crippen LogP contribution is -2.26. The van der Waals surface area contributed by atoms with Crippen LogP contribution in [0.15, 0.2) is 42.5 Å². The Morgan fingerprint density at radius 3 is 2.44 bits per heavy atom. The molecule has 0 fully saturated rings. The molecule has 6 heteroatoms. The van der Waals surface area contributed by atoms with Crippen LogP contribution >= 0.6 is 0 Å². The summed E-state index contributed by atoms with van der Waals surface area (Å²) in [5.41, 5.74) is 1.27. The van der Waals surface area contributed by atoms with Gasteiger partial charge in [0.25, 0.3) is 5.91 Å². The molecule has 25 heavy (non-hydrogen) atoms. The third-order valence-corrected chi connectivity index (χ3v) is 3.69. The Morgan fingerprint density at radius 1 is 1.08 bits per heavy atom. The maximum Gasteiger partial charge on any atom is 0.251 e. The summed E-state index contributed by atoms with van der Waals surface area (Å²) in [6.07, 6.45) is 0. The molecule has 134 valence electrons. The highest BCUT2D eigenvalue weighted by atomic mass is 19.1. The number of hydrogen-bond donors (Lipinski definition) is 1. The Kier molecular flexibility index (Phi) is 6.77. The van der Waals surface area contributed by atoms with Crippen molar-refractivity contribution in [1.82, 2.24) is 5.32 Å². The number of rotatable bonds is 8. The summed E-state index contributed by atoms with van der Waals surface area (Å²) in [5, 5.41) is 2.88. The molecule has 1 N–H and O–H groups in total. The predicted molar refractivity (Wildman–Crippen MR) is 92.6 cm³/mol. The monoisotopic (exact) mass is 347 g/mol. The normalized spacial score (nSPS) is 11.7. The van der Waals surface area contributed by atoms with Gasteiger partial charge < -0.3 is 19.5 Å². The van der Waals surface area contributed by atoms with E-state index in [1.54, 1.807) is 20.3 Å². The molecule has 0 aliphatic rings. The Labute approximate surface area is 146 Å². The van der Waals surface area contributed by atoms with E-state index < -0.39 is 0 Å². The lowest BCUT2D eigenvalue weighted by Gasteiger charge is -2.17. The van der Waals surface area contributed by atoms with E-state index in [2.05, 4.69) is 5.32 Å². The molecule has 0 spiro atoms. The lowest BCUT2D eigenvalue weighted by atomic mass is 10.1. The molecule has 2 rings (SSSR count). The molecule has 1 amide bonds. The number of halogens is 1. The van der Waals surface area contributed by atoms with Crippen molar-refractivity contribution < 1.29 is 23.4 Å². The van der Waals surface area contributed by atoms with Gasteiger partial charge in [-0.3, -0.25) is 4.79 Å². The summed E-state index contributed by atoms with van der Waals surface area (Å²) >= 11 is 0. The summed E-state index contributed by atoms with van der Waals surface area (Å²) in [5.74, 6) is 0.544. The van der Waals surface area contributed by atoms with Crippen LogP contribution in [0.4, 0.5) is 4.39 Å². The van der Waals surface area contributed by atoms with Gasteiger partial charge in [-0.1, -0.05) is 6.07 Å². The second kappa shape index (κ2) is 9.03. The van der Waals surface area contributed by atoms with Crippen LogP contribution in [-0.4, -0.2) is 33.3 Å². The van der Waals surface area contributed by atoms with Gasteiger partial charge >= 0.3 is 0 Å². The molecule has 2 aromatic rings. The second-order valence-corrected chi connectivity index (χ2v) is 5.45. The van der Waals surface area contributed by atoms with E-state index in [0.717, 1.165) is 5.56 Å². The van der Waals surface area contributed by atoms with Crippen molar-refractivity contribution in [2.45, 2.75) is 13.0 Å². The summed E-state index contributed by atoms with van der Waals surface area (Å²) in [6.45, 7) is 2.76. The zero-order chi connectivity index (χ0) is 18.2. The molecular weight excluding hydrogens is 325 g/mol. The van der Waals surface area contributed by atoms with E-state index in [1.807, 2.05) is 19.1 Å². The van der Waals surface area contributed by atoms with Gasteiger partial charge in [0.1, 0.15) is 12.4 Å². The minimum Gasteiger partial charge on any atom is -0.493 e. The fourth-order valence-corrected chi connectivity index (χ4v) is 2.27. The maximum atomic E-state index is 12.9. The highest BCUT2D eigenvalue weighted by molar-refractivity contribution is 5.94. The van der Waals surface area contributed by atoms with E-state index in [0.29, 0.717) is 30.3 Å². The topological polar surface area (TPSA) is 56.8 Å². The number of carbonyl (C=O) groups excluding carboxylic acids is 1. The smallest absolute Gasteiger partial charge is 0.251 e. The van der Waals surface area contributed by atoms with Crippen molar-refractivity contribution in [3.63, 3.8) is 0 Å². The first kappa shape index (κ1) is 18.7. The summed E-state index contributed by atoms with van der Waals surface area (Å²) in [6, 6.07) is 10.6. The Balaban J connectivity index is 2.06. The summed E-state index contributed by atoms with van der Waals surface area (Å²) in [4.78, 5) is 12.2. The number of amides is 1. The number of ether oxygens (including phenoxy) is 3. The average molecular weight is 347 g/mol. The van der Waals surface area contributed by atoms with E-state index in [9.17, 15) is 9.18 Å². The molecule has 0 aliphatic heterocycles. The fraction of sp³-hybridized carbons (Fsp3) is 0.316. The first-order valence-electron chi connectivity index (χ1n) is 7.91. The Hall–Kier alpha value is -2.60. The lowest BCUT2D eigenvalue weighted by molar-refractivity contribution is 0.0939. The third kappa shape index (κ3) is 5.19. The van der Waals surface area contributed by atoms with Crippen LogP contribution in [0.5, 0.6) is 11.5 Å². The molecular formula is C19H22FNO4. The molecule has 0 aromatic heterocycles. The van der Waals surface area contributed by atoms with Crippen molar-refractivity contribution in [3.8, 4) is 11.5 Å². The predicted octanol–water partition coefficient (Wildman–Crippen LogP) is 3.35. The number of methoxy groups -OCH3 is 2. The van der Waals surface area contributed by atoms with E-state index in [-0.39, 0.29) is 17.8 Å². The van der Waals surface area contributed by atoms with Crippen molar-refractivity contribution in [3.05, 3.63) is 59.4 Å². The molecule has 0 heterocycles. The van der Waals surface area contributed by atoms with Crippen LogP contribution in [0, 0.1) is 5.82 Å². The van der Waals surface area contributed by atoms with Gasteiger partial charge in [0, 0.05) is 12.7 Å². The molecule has 0 bridgehead atoms. The van der Waals surface area contributed by atoms with Gasteiger partial charge in [-0.15, -0.1) is 0 Å². The van der Waals surface area contributed by atoms with E-state index in [1.165, 1.54) is 24.3 Å². The van der Waals surface area contributed by atoms with Gasteiger partial charge in [-0.25, -0.2) is 4.39 Å². The molecule has 0 radical (unpaired) electrons. The third-order valence-electron chi connectivity index (χ3n) is 3.69. The van der Waals surface area contributed by atoms with E-state index >= 15 is 0 Å². The van der Waals surface area contributed by atoms with Crippen LogP contribution in [0.3, 0.4) is 0 Å². The number of nitrogens with one attached hydrogen (secondary N) is 1. The largest absolute Gasteiger partial charge is 0.493 e. The highest BCUT2D eigenvalue weighted by Gasteiger charge is 2.14. The van der Waals surface area contributed by atoms with E-state index in [4.69, 9.17) is 14.2 Å². The molecule has 0 saturated carbocycles. The second-order valence-electron chi connectivity index (χ2n) is 5.45. The van der Waals surface area contributed by atoms with Gasteiger partial charge in [0.05, 0.1) is 19.8 Å². The van der Waals surface area contributed by atoms with Crippen molar-refractivity contribution >= 4 is 5.91 Å². The van der Waals surface area contributed by atoms with Gasteiger partial charge in [0.15, 0.2) is 11.5 Å². The van der Waals surface area contributed by atoms with Crippen molar-refractivity contribution in [1.29, 1.82) is 0 Å². The molecule has 1 unspecified atom stereocenters. The molecule has 0 aliphatic carbocycles. The zero-order valence-electron chi connectivity index (χ0n) is 14.5. The standard InChI is InChI=1S/C19H22FNO4/c1-13(21-19(22)14-4-7-16(20)8-5-14)15-6-9-17(18(12-15)24-3)25-11-10-23-2/h4-9,12-13H,10-11H2,1-3H3,(H,21,22). The quantitative estimate of drug-likeness (QED) is 0.744. The van der Waals surface area contributed by atoms with Gasteiger partial charge in [-0.05, 0) is 48.9 Å². The van der Waals surface area contributed by atoms with Crippen LogP contribution in [0.1, 0.15) is 28.9 Å². The maximum absolute atomic E-state index is 12.9. The first-order chi connectivity index (χ1) is 12.0. The molecule has 0 saturated heterocycles. The molecule has 1 atom stereocenters. The number of hydrogen-bond acceptors (Lipinski definition) is 4. The summed E-state index contributed by atoms with van der Waals surface area (Å²) in [7, 11) is 3.17. The Bertz CT molecular complexity index is 703. The minimum absolute atomic E-state index is 0.250. The van der Waals surface area contributed by atoms with Crippen LogP contribution in [-0.2, 0) is 4.74 Å².